The van der Waals surface area contributed by atoms with Crippen LogP contribution in [-0.4, -0.2) is 53.7 Å². The predicted molar refractivity (Wildman–Crippen MR) is 95.5 cm³/mol. The first kappa shape index (κ1) is 17.7. The highest BCUT2D eigenvalue weighted by Crippen LogP contribution is 2.46. The average Bonchev–Trinajstić information content (AvgIpc) is 3.34. The summed E-state index contributed by atoms with van der Waals surface area (Å²) < 4.78 is 0. The number of carbonyl (C=O) groups excluding carboxylic acids is 1. The molecule has 2 atom stereocenters. The molecule has 6 nitrogen and oxygen atoms in total. The van der Waals surface area contributed by atoms with Crippen LogP contribution in [0.5, 0.6) is 0 Å². The van der Waals surface area contributed by atoms with Gasteiger partial charge in [0.1, 0.15) is 0 Å². The summed E-state index contributed by atoms with van der Waals surface area (Å²) in [6.07, 6.45) is 2.78. The van der Waals surface area contributed by atoms with Crippen molar-refractivity contribution in [2.24, 2.45) is 5.92 Å². The van der Waals surface area contributed by atoms with Gasteiger partial charge in [-0.05, 0) is 43.2 Å². The number of benzene rings is 1. The van der Waals surface area contributed by atoms with Gasteiger partial charge in [-0.15, -0.1) is 0 Å². The van der Waals surface area contributed by atoms with E-state index in [9.17, 15) is 9.59 Å². The zero-order chi connectivity index (χ0) is 17.8. The first-order valence-corrected chi connectivity index (χ1v) is 9.12. The van der Waals surface area contributed by atoms with Crippen molar-refractivity contribution in [3.8, 4) is 0 Å². The minimum absolute atomic E-state index is 0.0721. The topological polar surface area (TPSA) is 81.7 Å². The van der Waals surface area contributed by atoms with Crippen LogP contribution in [0.3, 0.4) is 0 Å². The maximum atomic E-state index is 12.0. The molecule has 0 spiro atoms. The molecule has 2 aliphatic carbocycles. The number of carbonyl (C=O) groups is 2. The largest absolute Gasteiger partial charge is 0.480 e. The summed E-state index contributed by atoms with van der Waals surface area (Å²) in [5, 5.41) is 14.9. The molecular formula is C19H27N3O3. The van der Waals surface area contributed by atoms with Gasteiger partial charge in [0.15, 0.2) is 0 Å². The number of rotatable bonds is 8. The van der Waals surface area contributed by atoms with Gasteiger partial charge in [-0.3, -0.25) is 9.69 Å². The molecule has 25 heavy (non-hydrogen) atoms. The number of hydrogen-bond donors (Lipinski definition) is 3. The molecule has 3 N–H and O–H groups in total. The Morgan fingerprint density at radius 3 is 2.56 bits per heavy atom. The van der Waals surface area contributed by atoms with Crippen LogP contribution in [0.15, 0.2) is 30.3 Å². The number of nitrogens with one attached hydrogen (secondary N) is 2. The zero-order valence-corrected chi connectivity index (χ0v) is 14.6. The molecule has 0 heterocycles. The lowest BCUT2D eigenvalue weighted by molar-refractivity contribution is -0.139. The van der Waals surface area contributed by atoms with Crippen LogP contribution in [-0.2, 0) is 4.79 Å². The van der Waals surface area contributed by atoms with Crippen LogP contribution >= 0.6 is 0 Å². The summed E-state index contributed by atoms with van der Waals surface area (Å²) >= 11 is 0. The quantitative estimate of drug-likeness (QED) is 0.673. The van der Waals surface area contributed by atoms with Crippen molar-refractivity contribution in [3.63, 3.8) is 0 Å². The van der Waals surface area contributed by atoms with E-state index in [-0.39, 0.29) is 24.7 Å². The molecule has 0 radical (unpaired) electrons. The van der Waals surface area contributed by atoms with E-state index in [0.29, 0.717) is 18.4 Å². The number of aliphatic carboxylic acids is 1. The van der Waals surface area contributed by atoms with E-state index in [1.165, 1.54) is 5.56 Å². The Hall–Kier alpha value is -2.08. The lowest BCUT2D eigenvalue weighted by Crippen LogP contribution is -2.56. The van der Waals surface area contributed by atoms with E-state index in [0.717, 1.165) is 25.8 Å². The van der Waals surface area contributed by atoms with Gasteiger partial charge >= 0.3 is 12.0 Å². The Balaban J connectivity index is 1.32. The molecule has 2 saturated carbocycles. The van der Waals surface area contributed by atoms with E-state index in [4.69, 9.17) is 5.11 Å². The molecule has 3 rings (SSSR count). The summed E-state index contributed by atoms with van der Waals surface area (Å²) in [5.74, 6) is 0.311. The molecular weight excluding hydrogens is 318 g/mol. The highest BCUT2D eigenvalue weighted by molar-refractivity contribution is 5.74. The number of amides is 2. The Kier molecular flexibility index (Phi) is 5.58. The number of hydrogen-bond acceptors (Lipinski definition) is 3. The van der Waals surface area contributed by atoms with Crippen LogP contribution < -0.4 is 10.6 Å². The van der Waals surface area contributed by atoms with Gasteiger partial charge in [0.25, 0.3) is 0 Å². The summed E-state index contributed by atoms with van der Waals surface area (Å²) in [6.45, 7) is 3.47. The predicted octanol–water partition coefficient (Wildman–Crippen LogP) is 2.03. The number of nitrogens with zero attached hydrogens (tertiary/aromatic N) is 1. The second-order valence-electron chi connectivity index (χ2n) is 7.15. The Bertz CT molecular complexity index is 601. The third kappa shape index (κ3) is 4.72. The molecule has 136 valence electrons. The Labute approximate surface area is 148 Å². The van der Waals surface area contributed by atoms with Crippen molar-refractivity contribution >= 4 is 12.0 Å². The number of likely N-dealkylation sites (N-methyl/N-ethyl adjacent to an activating group) is 1. The highest BCUT2D eigenvalue weighted by atomic mass is 16.4. The van der Waals surface area contributed by atoms with E-state index < -0.39 is 5.97 Å². The third-order valence-electron chi connectivity index (χ3n) is 5.38. The number of urea groups is 1. The fourth-order valence-electron chi connectivity index (χ4n) is 3.72. The van der Waals surface area contributed by atoms with Crippen LogP contribution in [0.4, 0.5) is 4.79 Å². The van der Waals surface area contributed by atoms with E-state index in [1.54, 1.807) is 0 Å². The minimum atomic E-state index is -0.798. The number of carboxylic acids is 1. The third-order valence-corrected chi connectivity index (χ3v) is 5.38. The molecule has 0 aliphatic heterocycles. The van der Waals surface area contributed by atoms with Crippen LogP contribution in [0.25, 0.3) is 0 Å². The van der Waals surface area contributed by atoms with Gasteiger partial charge in [-0.25, -0.2) is 4.79 Å². The molecule has 1 aromatic rings. The fraction of sp³-hybridized carbons (Fsp3) is 0.579. The molecule has 0 aromatic heterocycles. The fourth-order valence-corrected chi connectivity index (χ4v) is 3.72. The molecule has 2 aliphatic rings. The molecule has 1 aromatic carbocycles. The smallest absolute Gasteiger partial charge is 0.317 e. The maximum Gasteiger partial charge on any atom is 0.317 e. The second kappa shape index (κ2) is 7.87. The van der Waals surface area contributed by atoms with Crippen molar-refractivity contribution < 1.29 is 14.7 Å². The van der Waals surface area contributed by atoms with E-state index >= 15 is 0 Å². The van der Waals surface area contributed by atoms with Crippen LogP contribution in [0, 0.1) is 5.92 Å². The lowest BCUT2D eigenvalue weighted by atomic mass is 9.85. The van der Waals surface area contributed by atoms with Crippen molar-refractivity contribution in [2.75, 3.05) is 19.6 Å². The van der Waals surface area contributed by atoms with Gasteiger partial charge < -0.3 is 15.7 Å². The first-order chi connectivity index (χ1) is 12.1. The van der Waals surface area contributed by atoms with Gasteiger partial charge in [-0.1, -0.05) is 37.3 Å². The van der Waals surface area contributed by atoms with E-state index in [1.807, 2.05) is 17.9 Å². The van der Waals surface area contributed by atoms with Crippen molar-refractivity contribution in [1.29, 1.82) is 0 Å². The summed E-state index contributed by atoms with van der Waals surface area (Å²) in [7, 11) is 0. The molecule has 0 bridgehead atoms. The maximum absolute atomic E-state index is 12.0. The van der Waals surface area contributed by atoms with Gasteiger partial charge in [0, 0.05) is 18.6 Å². The molecule has 2 amide bonds. The molecule has 0 saturated heterocycles. The van der Waals surface area contributed by atoms with Crippen molar-refractivity contribution in [3.05, 3.63) is 35.9 Å². The van der Waals surface area contributed by atoms with E-state index in [2.05, 4.69) is 34.9 Å². The van der Waals surface area contributed by atoms with Crippen LogP contribution in [0.2, 0.25) is 0 Å². The van der Waals surface area contributed by atoms with Gasteiger partial charge in [-0.2, -0.15) is 0 Å². The zero-order valence-electron chi connectivity index (χ0n) is 14.6. The van der Waals surface area contributed by atoms with Gasteiger partial charge in [0.2, 0.25) is 0 Å². The van der Waals surface area contributed by atoms with Crippen molar-refractivity contribution in [2.45, 2.75) is 44.2 Å². The monoisotopic (exact) mass is 345 g/mol. The summed E-state index contributed by atoms with van der Waals surface area (Å²) in [5.41, 5.74) is 1.36. The SMILES string of the molecule is CCN(CC(=O)O)C1CC(NC(=O)NC[C@@H]2C[C@H]2c2ccccc2)C1. The summed E-state index contributed by atoms with van der Waals surface area (Å²) in [6, 6.07) is 10.7. The highest BCUT2D eigenvalue weighted by Gasteiger charge is 2.38. The normalized spacial score (nSPS) is 27.4. The van der Waals surface area contributed by atoms with Crippen LogP contribution in [0.1, 0.15) is 37.7 Å². The second-order valence-corrected chi connectivity index (χ2v) is 7.15. The minimum Gasteiger partial charge on any atom is -0.480 e. The number of carboxylic acid groups (broad SMARTS) is 1. The average molecular weight is 345 g/mol. The van der Waals surface area contributed by atoms with Gasteiger partial charge in [0.05, 0.1) is 6.54 Å². The molecule has 0 unspecified atom stereocenters. The lowest BCUT2D eigenvalue weighted by Gasteiger charge is -2.42. The molecule has 6 heteroatoms. The first-order valence-electron chi connectivity index (χ1n) is 9.12. The molecule has 2 fully saturated rings. The van der Waals surface area contributed by atoms with Crippen molar-refractivity contribution in [1.82, 2.24) is 15.5 Å². The standard InChI is InChI=1S/C19H27N3O3/c1-2-22(12-18(23)24)16-9-15(10-16)21-19(25)20-11-14-8-17(14)13-6-4-3-5-7-13/h3-7,14-17H,2,8-12H2,1H3,(H,23,24)(H2,20,21,25)/t14-,15?,16?,17-/m0/s1. The Morgan fingerprint density at radius 2 is 1.92 bits per heavy atom. The Morgan fingerprint density at radius 1 is 1.20 bits per heavy atom. The summed E-state index contributed by atoms with van der Waals surface area (Å²) in [4.78, 5) is 24.8.